The Balaban J connectivity index is 2.40. The molecule has 21 heavy (non-hydrogen) atoms. The van der Waals surface area contributed by atoms with Crippen molar-refractivity contribution in [2.75, 3.05) is 0 Å². The zero-order valence-electron chi connectivity index (χ0n) is 11.1. The number of hydrogen-bond acceptors (Lipinski definition) is 1. The fraction of sp³-hybridized carbons (Fsp3) is 0. The Morgan fingerprint density at radius 3 is 2.67 bits per heavy atom. The van der Waals surface area contributed by atoms with Crippen LogP contribution in [-0.2, 0) is 0 Å². The molecule has 0 radical (unpaired) electrons. The van der Waals surface area contributed by atoms with Gasteiger partial charge in [-0.3, -0.25) is 0 Å². The van der Waals surface area contributed by atoms with Crippen LogP contribution in [0.3, 0.4) is 0 Å². The first-order valence-corrected chi connectivity index (χ1v) is 6.82. The number of fused-ring (bicyclic) bond motifs is 1. The van der Waals surface area contributed by atoms with E-state index >= 15 is 0 Å². The summed E-state index contributed by atoms with van der Waals surface area (Å²) >= 11 is 6.10. The van der Waals surface area contributed by atoms with Crippen LogP contribution >= 0.6 is 11.6 Å². The molecule has 0 bridgehead atoms. The number of hydrogen-bond donors (Lipinski definition) is 1. The van der Waals surface area contributed by atoms with E-state index in [0.717, 1.165) is 16.3 Å². The monoisotopic (exact) mass is 298 g/mol. The molecule has 0 fully saturated rings. The van der Waals surface area contributed by atoms with Gasteiger partial charge in [-0.25, -0.2) is 4.39 Å². The van der Waals surface area contributed by atoms with Gasteiger partial charge in [0.05, 0.1) is 5.02 Å². The molecule has 0 aliphatic heterocycles. The molecule has 1 nitrogen and oxygen atoms in total. The Labute approximate surface area is 126 Å². The second kappa shape index (κ2) is 5.23. The molecule has 0 saturated carbocycles. The molecule has 0 aliphatic carbocycles. The molecule has 3 rings (SSSR count). The van der Waals surface area contributed by atoms with E-state index < -0.39 is 5.82 Å². The van der Waals surface area contributed by atoms with Crippen molar-refractivity contribution in [3.05, 3.63) is 71.5 Å². The predicted octanol–water partition coefficient (Wildman–Crippen LogP) is 5.65. The first kappa shape index (κ1) is 13.7. The van der Waals surface area contributed by atoms with Gasteiger partial charge in [0.25, 0.3) is 0 Å². The van der Waals surface area contributed by atoms with Gasteiger partial charge in [0.2, 0.25) is 0 Å². The number of benzene rings is 3. The topological polar surface area (TPSA) is 20.2 Å². The van der Waals surface area contributed by atoms with E-state index in [2.05, 4.69) is 6.58 Å². The number of phenols is 1. The van der Waals surface area contributed by atoms with Crippen LogP contribution in [0.5, 0.6) is 5.75 Å². The van der Waals surface area contributed by atoms with Gasteiger partial charge in [0.15, 0.2) is 0 Å². The van der Waals surface area contributed by atoms with Crippen molar-refractivity contribution in [2.24, 2.45) is 0 Å². The average Bonchev–Trinajstić information content (AvgIpc) is 2.51. The summed E-state index contributed by atoms with van der Waals surface area (Å²) in [7, 11) is 0. The Morgan fingerprint density at radius 1 is 1.10 bits per heavy atom. The molecule has 0 aliphatic rings. The quantitative estimate of drug-likeness (QED) is 0.648. The SMILES string of the molecule is C=Cc1ccc2cccc(-c3c(F)ccc(O)c3Cl)c2c1. The maximum absolute atomic E-state index is 14.2. The zero-order valence-corrected chi connectivity index (χ0v) is 11.9. The Morgan fingerprint density at radius 2 is 1.90 bits per heavy atom. The van der Waals surface area contributed by atoms with E-state index in [-0.39, 0.29) is 16.3 Å². The lowest BCUT2D eigenvalue weighted by atomic mass is 9.96. The summed E-state index contributed by atoms with van der Waals surface area (Å²) in [5, 5.41) is 11.6. The van der Waals surface area contributed by atoms with Crippen LogP contribution in [0.25, 0.3) is 28.0 Å². The third-order valence-electron chi connectivity index (χ3n) is 3.48. The van der Waals surface area contributed by atoms with Crippen LogP contribution in [0.15, 0.2) is 55.1 Å². The molecule has 0 unspecified atom stereocenters. The van der Waals surface area contributed by atoms with Gasteiger partial charge in [-0.1, -0.05) is 54.6 Å². The van der Waals surface area contributed by atoms with Crippen LogP contribution in [-0.4, -0.2) is 5.11 Å². The highest BCUT2D eigenvalue weighted by Crippen LogP contribution is 2.40. The van der Waals surface area contributed by atoms with E-state index in [0.29, 0.717) is 5.56 Å². The van der Waals surface area contributed by atoms with Crippen molar-refractivity contribution >= 4 is 28.4 Å². The number of halogens is 2. The van der Waals surface area contributed by atoms with Crippen LogP contribution in [0.4, 0.5) is 4.39 Å². The molecular weight excluding hydrogens is 287 g/mol. The smallest absolute Gasteiger partial charge is 0.135 e. The standard InChI is InChI=1S/C18H12ClFO/c1-2-11-6-7-12-4-3-5-13(14(12)10-11)17-15(20)8-9-16(21)18(17)19/h2-10,21H,1H2. The Bertz CT molecular complexity index is 855. The molecule has 0 saturated heterocycles. The fourth-order valence-corrected chi connectivity index (χ4v) is 2.68. The summed E-state index contributed by atoms with van der Waals surface area (Å²) in [6.45, 7) is 3.75. The van der Waals surface area contributed by atoms with E-state index in [1.165, 1.54) is 12.1 Å². The summed E-state index contributed by atoms with van der Waals surface area (Å²) in [6, 6.07) is 13.9. The lowest BCUT2D eigenvalue weighted by Gasteiger charge is -2.11. The number of rotatable bonds is 2. The Kier molecular flexibility index (Phi) is 3.40. The summed E-state index contributed by atoms with van der Waals surface area (Å²) in [5.41, 5.74) is 1.80. The predicted molar refractivity (Wildman–Crippen MR) is 86.1 cm³/mol. The van der Waals surface area contributed by atoms with Gasteiger partial charge in [0.1, 0.15) is 11.6 Å². The molecule has 0 aromatic heterocycles. The molecule has 3 aromatic rings. The van der Waals surface area contributed by atoms with Crippen LogP contribution in [0.1, 0.15) is 5.56 Å². The highest BCUT2D eigenvalue weighted by atomic mass is 35.5. The molecule has 0 spiro atoms. The second-order valence-electron chi connectivity index (χ2n) is 4.75. The van der Waals surface area contributed by atoms with Gasteiger partial charge in [-0.15, -0.1) is 0 Å². The van der Waals surface area contributed by atoms with Crippen LogP contribution in [0.2, 0.25) is 5.02 Å². The molecule has 104 valence electrons. The third kappa shape index (κ3) is 2.28. The van der Waals surface area contributed by atoms with Gasteiger partial charge >= 0.3 is 0 Å². The van der Waals surface area contributed by atoms with E-state index in [1.807, 2.05) is 30.3 Å². The van der Waals surface area contributed by atoms with Gasteiger partial charge < -0.3 is 5.11 Å². The van der Waals surface area contributed by atoms with E-state index in [9.17, 15) is 9.50 Å². The van der Waals surface area contributed by atoms with Gasteiger partial charge in [-0.05, 0) is 40.1 Å². The van der Waals surface area contributed by atoms with E-state index in [1.54, 1.807) is 12.1 Å². The molecule has 3 aromatic carbocycles. The minimum atomic E-state index is -0.464. The zero-order chi connectivity index (χ0) is 15.0. The molecule has 0 amide bonds. The molecule has 0 atom stereocenters. The normalized spacial score (nSPS) is 10.8. The summed E-state index contributed by atoms with van der Waals surface area (Å²) in [5.74, 6) is -0.598. The van der Waals surface area contributed by atoms with Crippen molar-refractivity contribution in [1.82, 2.24) is 0 Å². The van der Waals surface area contributed by atoms with Crippen LogP contribution in [0, 0.1) is 5.82 Å². The molecule has 1 N–H and O–H groups in total. The lowest BCUT2D eigenvalue weighted by molar-refractivity contribution is 0.474. The van der Waals surface area contributed by atoms with Gasteiger partial charge in [0, 0.05) is 5.56 Å². The minimum absolute atomic E-state index is 0.0199. The van der Waals surface area contributed by atoms with Crippen LogP contribution < -0.4 is 0 Å². The van der Waals surface area contributed by atoms with Gasteiger partial charge in [-0.2, -0.15) is 0 Å². The first-order valence-electron chi connectivity index (χ1n) is 6.44. The molecule has 3 heteroatoms. The summed E-state index contributed by atoms with van der Waals surface area (Å²) < 4.78 is 14.2. The van der Waals surface area contributed by atoms with Crippen molar-refractivity contribution in [1.29, 1.82) is 0 Å². The van der Waals surface area contributed by atoms with E-state index in [4.69, 9.17) is 11.6 Å². The maximum atomic E-state index is 14.2. The van der Waals surface area contributed by atoms with Crippen molar-refractivity contribution in [2.45, 2.75) is 0 Å². The molecular formula is C18H12ClFO. The number of phenolic OH excluding ortho intramolecular Hbond substituents is 1. The summed E-state index contributed by atoms with van der Waals surface area (Å²) in [6.07, 6.45) is 1.73. The van der Waals surface area contributed by atoms with Crippen molar-refractivity contribution in [3.8, 4) is 16.9 Å². The van der Waals surface area contributed by atoms with Crippen molar-refractivity contribution < 1.29 is 9.50 Å². The first-order chi connectivity index (χ1) is 10.1. The largest absolute Gasteiger partial charge is 0.506 e. The molecule has 0 heterocycles. The minimum Gasteiger partial charge on any atom is -0.506 e. The fourth-order valence-electron chi connectivity index (χ4n) is 2.42. The highest BCUT2D eigenvalue weighted by molar-refractivity contribution is 6.35. The highest BCUT2D eigenvalue weighted by Gasteiger charge is 2.15. The second-order valence-corrected chi connectivity index (χ2v) is 5.12. The summed E-state index contributed by atoms with van der Waals surface area (Å²) in [4.78, 5) is 0. The maximum Gasteiger partial charge on any atom is 0.135 e. The number of aromatic hydroxyl groups is 1. The van der Waals surface area contributed by atoms with Crippen molar-refractivity contribution in [3.63, 3.8) is 0 Å². The average molecular weight is 299 g/mol. The third-order valence-corrected chi connectivity index (χ3v) is 3.86. The lowest BCUT2D eigenvalue weighted by Crippen LogP contribution is -1.89. The Hall–Kier alpha value is -2.32.